The summed E-state index contributed by atoms with van der Waals surface area (Å²) < 4.78 is 11.4. The Balaban J connectivity index is 1.48. The molecular formula is C23H29NO4S. The molecule has 0 radical (unpaired) electrons. The molecule has 0 saturated carbocycles. The maximum absolute atomic E-state index is 11.4. The molecule has 1 aliphatic heterocycles. The largest absolute Gasteiger partial charge is 0.492 e. The Morgan fingerprint density at radius 2 is 1.97 bits per heavy atom. The molecule has 156 valence electrons. The Bertz CT molecular complexity index is 781. The molecule has 1 atom stereocenters. The van der Waals surface area contributed by atoms with Crippen LogP contribution in [0.3, 0.4) is 0 Å². The zero-order chi connectivity index (χ0) is 20.5. The molecule has 1 heterocycles. The van der Waals surface area contributed by atoms with E-state index in [1.165, 1.54) is 10.6 Å². The first-order chi connectivity index (χ1) is 14.2. The van der Waals surface area contributed by atoms with Crippen molar-refractivity contribution in [3.63, 3.8) is 0 Å². The van der Waals surface area contributed by atoms with Gasteiger partial charge in [0, 0.05) is 30.2 Å². The molecule has 29 heavy (non-hydrogen) atoms. The van der Waals surface area contributed by atoms with Crippen LogP contribution in [0.5, 0.6) is 5.75 Å². The van der Waals surface area contributed by atoms with Crippen molar-refractivity contribution in [1.82, 2.24) is 0 Å². The fourth-order valence-electron chi connectivity index (χ4n) is 3.26. The van der Waals surface area contributed by atoms with Gasteiger partial charge in [-0.05, 0) is 36.2 Å². The van der Waals surface area contributed by atoms with Gasteiger partial charge in [-0.15, -0.1) is 11.8 Å². The van der Waals surface area contributed by atoms with Crippen molar-refractivity contribution in [1.29, 1.82) is 0 Å². The summed E-state index contributed by atoms with van der Waals surface area (Å²) in [6, 6.07) is 16.1. The van der Waals surface area contributed by atoms with Gasteiger partial charge in [-0.2, -0.15) is 0 Å². The zero-order valence-electron chi connectivity index (χ0n) is 16.9. The number of nitrogens with zero attached hydrogens (tertiary/aromatic N) is 1. The van der Waals surface area contributed by atoms with E-state index in [0.717, 1.165) is 43.0 Å². The van der Waals surface area contributed by atoms with E-state index in [-0.39, 0.29) is 0 Å². The smallest absolute Gasteiger partial charge is 0.333 e. The topological polar surface area (TPSA) is 59.0 Å². The van der Waals surface area contributed by atoms with E-state index in [1.807, 2.05) is 36.0 Å². The van der Waals surface area contributed by atoms with E-state index in [0.29, 0.717) is 19.6 Å². The number of anilines is 1. The molecule has 0 fully saturated rings. The van der Waals surface area contributed by atoms with Crippen molar-refractivity contribution in [2.75, 3.05) is 37.0 Å². The minimum atomic E-state index is -0.915. The molecule has 1 aliphatic rings. The minimum Gasteiger partial charge on any atom is -0.492 e. The second-order valence-electron chi connectivity index (χ2n) is 7.05. The summed E-state index contributed by atoms with van der Waals surface area (Å²) in [4.78, 5) is 15.1. The molecule has 0 unspecified atom stereocenters. The number of carboxylic acids is 1. The number of aliphatic carboxylic acids is 1. The molecule has 0 bridgehead atoms. The summed E-state index contributed by atoms with van der Waals surface area (Å²) in [7, 11) is 0. The molecule has 0 aromatic heterocycles. The number of hydrogen-bond donors (Lipinski definition) is 1. The van der Waals surface area contributed by atoms with E-state index in [9.17, 15) is 9.90 Å². The summed E-state index contributed by atoms with van der Waals surface area (Å²) in [6.07, 6.45) is 1.42. The standard InChI is InChI=1S/C23H29NO4S/c1-2-3-14-28-21(23(25)26)17-18-8-10-19(11-9-18)27-15-12-24-13-16-29-22-7-5-4-6-20(22)24/h4-11,21H,2-3,12-17H2,1H3,(H,25,26)/t21-/m0/s1. The van der Waals surface area contributed by atoms with Crippen LogP contribution in [0.4, 0.5) is 5.69 Å². The molecule has 5 nitrogen and oxygen atoms in total. The quantitative estimate of drug-likeness (QED) is 0.546. The molecule has 3 rings (SSSR count). The molecule has 1 N–H and O–H groups in total. The van der Waals surface area contributed by atoms with Gasteiger partial charge >= 0.3 is 5.97 Å². The van der Waals surface area contributed by atoms with E-state index in [4.69, 9.17) is 9.47 Å². The van der Waals surface area contributed by atoms with Gasteiger partial charge < -0.3 is 19.5 Å². The third-order valence-electron chi connectivity index (χ3n) is 4.89. The van der Waals surface area contributed by atoms with E-state index in [2.05, 4.69) is 36.1 Å². The Morgan fingerprint density at radius 3 is 2.72 bits per heavy atom. The Labute approximate surface area is 177 Å². The second-order valence-corrected chi connectivity index (χ2v) is 8.19. The van der Waals surface area contributed by atoms with E-state index >= 15 is 0 Å². The van der Waals surface area contributed by atoms with E-state index < -0.39 is 12.1 Å². The van der Waals surface area contributed by atoms with Gasteiger partial charge in [-0.25, -0.2) is 4.79 Å². The molecule has 0 aliphatic carbocycles. The summed E-state index contributed by atoms with van der Waals surface area (Å²) in [6.45, 7) is 5.01. The van der Waals surface area contributed by atoms with Crippen LogP contribution in [0.1, 0.15) is 25.3 Å². The van der Waals surface area contributed by atoms with Crippen LogP contribution in [-0.2, 0) is 16.0 Å². The predicted molar refractivity (Wildman–Crippen MR) is 117 cm³/mol. The Hall–Kier alpha value is -2.18. The number of ether oxygens (including phenoxy) is 2. The first kappa shape index (κ1) is 21.5. The first-order valence-corrected chi connectivity index (χ1v) is 11.2. The summed E-state index contributed by atoms with van der Waals surface area (Å²) in [5, 5.41) is 9.34. The number of hydrogen-bond acceptors (Lipinski definition) is 5. The summed E-state index contributed by atoms with van der Waals surface area (Å²) >= 11 is 1.90. The number of fused-ring (bicyclic) bond motifs is 1. The van der Waals surface area contributed by atoms with Gasteiger partial charge in [0.25, 0.3) is 0 Å². The highest BCUT2D eigenvalue weighted by Gasteiger charge is 2.19. The highest BCUT2D eigenvalue weighted by atomic mass is 32.2. The maximum Gasteiger partial charge on any atom is 0.333 e. The van der Waals surface area contributed by atoms with Crippen LogP contribution < -0.4 is 9.64 Å². The second kappa shape index (κ2) is 11.1. The number of unbranched alkanes of at least 4 members (excludes halogenated alkanes) is 1. The fraction of sp³-hybridized carbons (Fsp3) is 0.435. The average Bonchev–Trinajstić information content (AvgIpc) is 2.74. The predicted octanol–water partition coefficient (Wildman–Crippen LogP) is 4.49. The average molecular weight is 416 g/mol. The fourth-order valence-corrected chi connectivity index (χ4v) is 4.31. The highest BCUT2D eigenvalue weighted by molar-refractivity contribution is 7.99. The SMILES string of the molecule is CCCCO[C@@H](Cc1ccc(OCCN2CCSc3ccccc32)cc1)C(=O)O. The lowest BCUT2D eigenvalue weighted by Gasteiger charge is -2.30. The van der Waals surface area contributed by atoms with Gasteiger partial charge in [0.2, 0.25) is 0 Å². The van der Waals surface area contributed by atoms with Gasteiger partial charge in [-0.1, -0.05) is 37.6 Å². The molecule has 0 spiro atoms. The monoisotopic (exact) mass is 415 g/mol. The van der Waals surface area contributed by atoms with Crippen LogP contribution in [-0.4, -0.2) is 49.2 Å². The normalized spacial score (nSPS) is 14.3. The zero-order valence-corrected chi connectivity index (χ0v) is 17.7. The molecular weight excluding hydrogens is 386 g/mol. The third-order valence-corrected chi connectivity index (χ3v) is 5.93. The number of thioether (sulfide) groups is 1. The summed E-state index contributed by atoms with van der Waals surface area (Å²) in [5.41, 5.74) is 2.22. The van der Waals surface area contributed by atoms with E-state index in [1.54, 1.807) is 0 Å². The van der Waals surface area contributed by atoms with Gasteiger partial charge in [0.1, 0.15) is 12.4 Å². The number of carboxylic acid groups (broad SMARTS) is 1. The molecule has 0 amide bonds. The van der Waals surface area contributed by atoms with Crippen LogP contribution in [0.25, 0.3) is 0 Å². The lowest BCUT2D eigenvalue weighted by atomic mass is 10.1. The van der Waals surface area contributed by atoms with Crippen molar-refractivity contribution in [2.45, 2.75) is 37.2 Å². The van der Waals surface area contributed by atoms with Gasteiger partial charge in [0.05, 0.1) is 12.2 Å². The van der Waals surface area contributed by atoms with Crippen molar-refractivity contribution in [3.05, 3.63) is 54.1 Å². The first-order valence-electron chi connectivity index (χ1n) is 10.2. The number of para-hydroxylation sites is 1. The van der Waals surface area contributed by atoms with Crippen molar-refractivity contribution in [2.24, 2.45) is 0 Å². The minimum absolute atomic E-state index is 0.363. The van der Waals surface area contributed by atoms with Crippen LogP contribution >= 0.6 is 11.8 Å². The van der Waals surface area contributed by atoms with Crippen LogP contribution in [0.2, 0.25) is 0 Å². The molecule has 6 heteroatoms. The van der Waals surface area contributed by atoms with Crippen LogP contribution in [0, 0.1) is 0 Å². The molecule has 0 saturated heterocycles. The number of benzene rings is 2. The third kappa shape index (κ3) is 6.41. The Kier molecular flexibility index (Phi) is 8.25. The maximum atomic E-state index is 11.4. The van der Waals surface area contributed by atoms with Crippen molar-refractivity contribution in [3.8, 4) is 5.75 Å². The lowest BCUT2D eigenvalue weighted by Crippen LogP contribution is -2.33. The molecule has 2 aromatic rings. The summed E-state index contributed by atoms with van der Waals surface area (Å²) in [5.74, 6) is 0.977. The highest BCUT2D eigenvalue weighted by Crippen LogP contribution is 2.33. The van der Waals surface area contributed by atoms with Crippen molar-refractivity contribution >= 4 is 23.4 Å². The Morgan fingerprint density at radius 1 is 1.17 bits per heavy atom. The van der Waals surface area contributed by atoms with Gasteiger partial charge in [-0.3, -0.25) is 0 Å². The molecule has 2 aromatic carbocycles. The van der Waals surface area contributed by atoms with Crippen molar-refractivity contribution < 1.29 is 19.4 Å². The van der Waals surface area contributed by atoms with Crippen LogP contribution in [0.15, 0.2) is 53.4 Å². The van der Waals surface area contributed by atoms with Gasteiger partial charge in [0.15, 0.2) is 6.10 Å². The number of carbonyl (C=O) groups is 1. The lowest BCUT2D eigenvalue weighted by molar-refractivity contribution is -0.150. The number of rotatable bonds is 11.